The molecule has 0 radical (unpaired) electrons. The van der Waals surface area contributed by atoms with Crippen LogP contribution in [0, 0.1) is 0 Å². The van der Waals surface area contributed by atoms with Crippen molar-refractivity contribution >= 4 is 11.7 Å². The smallest absolute Gasteiger partial charge is 0.269 e. The topological polar surface area (TPSA) is 75.9 Å². The molecule has 1 aliphatic rings. The minimum absolute atomic E-state index is 0.192. The van der Waals surface area contributed by atoms with Crippen LogP contribution in [0.25, 0.3) is 11.3 Å². The number of nitrogens with zero attached hydrogens (tertiary/aromatic N) is 5. The summed E-state index contributed by atoms with van der Waals surface area (Å²) in [6.45, 7) is 2.34. The lowest BCUT2D eigenvalue weighted by molar-refractivity contribution is 0.0940. The number of hydrogen-bond acceptors (Lipinski definition) is 5. The molecule has 1 fully saturated rings. The molecule has 1 aromatic carbocycles. The molecule has 1 N–H and O–H groups in total. The second-order valence-electron chi connectivity index (χ2n) is 6.61. The van der Waals surface area contributed by atoms with Gasteiger partial charge in [0.25, 0.3) is 5.91 Å². The van der Waals surface area contributed by atoms with Crippen LogP contribution >= 0.6 is 0 Å². The van der Waals surface area contributed by atoms with E-state index >= 15 is 0 Å². The first-order chi connectivity index (χ1) is 13.2. The fourth-order valence-corrected chi connectivity index (χ4v) is 3.28. The molecule has 7 nitrogen and oxygen atoms in total. The zero-order chi connectivity index (χ0) is 18.6. The Morgan fingerprint density at radius 1 is 1.15 bits per heavy atom. The van der Waals surface area contributed by atoms with Crippen LogP contribution in [0.1, 0.15) is 29.2 Å². The molecule has 1 aliphatic heterocycles. The highest BCUT2D eigenvalue weighted by atomic mass is 16.2. The summed E-state index contributed by atoms with van der Waals surface area (Å²) in [7, 11) is 1.77. The zero-order valence-electron chi connectivity index (χ0n) is 15.3. The van der Waals surface area contributed by atoms with E-state index in [-0.39, 0.29) is 12.5 Å². The third-order valence-corrected chi connectivity index (χ3v) is 4.71. The van der Waals surface area contributed by atoms with Crippen molar-refractivity contribution in [1.82, 2.24) is 25.1 Å². The molecule has 1 amide bonds. The first kappa shape index (κ1) is 17.2. The van der Waals surface area contributed by atoms with Gasteiger partial charge in [0.05, 0.1) is 12.2 Å². The highest BCUT2D eigenvalue weighted by Gasteiger charge is 2.16. The van der Waals surface area contributed by atoms with Crippen LogP contribution in [0.4, 0.5) is 5.82 Å². The molecule has 0 aliphatic carbocycles. The van der Waals surface area contributed by atoms with Crippen molar-refractivity contribution in [1.29, 1.82) is 0 Å². The number of benzene rings is 1. The van der Waals surface area contributed by atoms with Crippen molar-refractivity contribution in [2.75, 3.05) is 18.0 Å². The van der Waals surface area contributed by atoms with Crippen molar-refractivity contribution in [2.24, 2.45) is 7.05 Å². The van der Waals surface area contributed by atoms with Gasteiger partial charge in [-0.25, -0.2) is 9.97 Å². The molecule has 138 valence electrons. The van der Waals surface area contributed by atoms with Crippen molar-refractivity contribution in [3.05, 3.63) is 60.2 Å². The summed E-state index contributed by atoms with van der Waals surface area (Å²) in [6, 6.07) is 13.5. The number of aryl methyl sites for hydroxylation is 1. The second-order valence-corrected chi connectivity index (χ2v) is 6.61. The van der Waals surface area contributed by atoms with E-state index in [1.54, 1.807) is 24.0 Å². The van der Waals surface area contributed by atoms with E-state index in [0.29, 0.717) is 11.5 Å². The minimum atomic E-state index is -0.192. The lowest BCUT2D eigenvalue weighted by Gasteiger charge is -2.16. The number of amides is 1. The molecule has 3 aromatic rings. The number of carbonyl (C=O) groups is 1. The Bertz CT molecular complexity index is 931. The van der Waals surface area contributed by atoms with E-state index in [9.17, 15) is 4.79 Å². The molecule has 0 bridgehead atoms. The Morgan fingerprint density at radius 3 is 2.70 bits per heavy atom. The molecule has 27 heavy (non-hydrogen) atoms. The SMILES string of the molecule is Cn1nc(-c2ccccc2)cc1C(=O)NCc1nccc(N2CCCC2)n1. The van der Waals surface area contributed by atoms with Gasteiger partial charge in [-0.05, 0) is 25.0 Å². The largest absolute Gasteiger partial charge is 0.357 e. The molecule has 4 rings (SSSR count). The van der Waals surface area contributed by atoms with Gasteiger partial charge in [0.1, 0.15) is 17.3 Å². The van der Waals surface area contributed by atoms with Crippen LogP contribution in [0.5, 0.6) is 0 Å². The van der Waals surface area contributed by atoms with Gasteiger partial charge in [-0.3, -0.25) is 9.48 Å². The van der Waals surface area contributed by atoms with Gasteiger partial charge in [0, 0.05) is 31.9 Å². The van der Waals surface area contributed by atoms with E-state index in [1.807, 2.05) is 36.4 Å². The van der Waals surface area contributed by atoms with Gasteiger partial charge in [0.15, 0.2) is 0 Å². The van der Waals surface area contributed by atoms with E-state index < -0.39 is 0 Å². The third-order valence-electron chi connectivity index (χ3n) is 4.71. The number of hydrogen-bond donors (Lipinski definition) is 1. The van der Waals surface area contributed by atoms with E-state index in [0.717, 1.165) is 30.2 Å². The van der Waals surface area contributed by atoms with E-state index in [4.69, 9.17) is 0 Å². The van der Waals surface area contributed by atoms with Crippen LogP contribution < -0.4 is 10.2 Å². The fraction of sp³-hybridized carbons (Fsp3) is 0.300. The maximum atomic E-state index is 12.6. The van der Waals surface area contributed by atoms with Gasteiger partial charge in [-0.2, -0.15) is 5.10 Å². The van der Waals surface area contributed by atoms with Crippen molar-refractivity contribution < 1.29 is 4.79 Å². The molecule has 0 atom stereocenters. The Hall–Kier alpha value is -3.22. The normalized spacial score (nSPS) is 13.7. The molecule has 1 saturated heterocycles. The second kappa shape index (κ2) is 7.57. The van der Waals surface area contributed by atoms with E-state index in [1.165, 1.54) is 12.8 Å². The number of nitrogens with one attached hydrogen (secondary N) is 1. The predicted octanol–water partition coefficient (Wildman–Crippen LogP) is 2.41. The summed E-state index contributed by atoms with van der Waals surface area (Å²) in [4.78, 5) is 23.7. The van der Waals surface area contributed by atoms with Crippen molar-refractivity contribution in [3.63, 3.8) is 0 Å². The average Bonchev–Trinajstić information content (AvgIpc) is 3.37. The summed E-state index contributed by atoms with van der Waals surface area (Å²) in [5, 5.41) is 7.34. The van der Waals surface area contributed by atoms with Crippen LogP contribution in [0.3, 0.4) is 0 Å². The van der Waals surface area contributed by atoms with Gasteiger partial charge in [-0.15, -0.1) is 0 Å². The standard InChI is InChI=1S/C20H22N6O/c1-25-17(13-16(24-25)15-7-3-2-4-8-15)20(27)22-14-18-21-10-9-19(23-18)26-11-5-6-12-26/h2-4,7-10,13H,5-6,11-12,14H2,1H3,(H,22,27). The highest BCUT2D eigenvalue weighted by Crippen LogP contribution is 2.19. The lowest BCUT2D eigenvalue weighted by atomic mass is 10.1. The summed E-state index contributed by atoms with van der Waals surface area (Å²) >= 11 is 0. The predicted molar refractivity (Wildman–Crippen MR) is 103 cm³/mol. The third kappa shape index (κ3) is 3.81. The number of rotatable bonds is 5. The number of anilines is 1. The zero-order valence-corrected chi connectivity index (χ0v) is 15.3. The molecule has 0 spiro atoms. The lowest BCUT2D eigenvalue weighted by Crippen LogP contribution is -2.26. The number of carbonyl (C=O) groups excluding carboxylic acids is 1. The quantitative estimate of drug-likeness (QED) is 0.754. The van der Waals surface area contributed by atoms with Crippen LogP contribution in [0.2, 0.25) is 0 Å². The van der Waals surface area contributed by atoms with Crippen LogP contribution in [-0.2, 0) is 13.6 Å². The van der Waals surface area contributed by atoms with Crippen LogP contribution in [0.15, 0.2) is 48.7 Å². The monoisotopic (exact) mass is 362 g/mol. The molecule has 0 saturated carbocycles. The minimum Gasteiger partial charge on any atom is -0.357 e. The van der Waals surface area contributed by atoms with E-state index in [2.05, 4.69) is 25.3 Å². The van der Waals surface area contributed by atoms with Gasteiger partial charge in [-0.1, -0.05) is 30.3 Å². The molecule has 3 heterocycles. The van der Waals surface area contributed by atoms with Gasteiger partial charge >= 0.3 is 0 Å². The summed E-state index contributed by atoms with van der Waals surface area (Å²) in [6.07, 6.45) is 4.14. The molecule has 7 heteroatoms. The number of aromatic nitrogens is 4. The Kier molecular flexibility index (Phi) is 4.82. The summed E-state index contributed by atoms with van der Waals surface area (Å²) in [5.41, 5.74) is 2.26. The molecular formula is C20H22N6O. The Morgan fingerprint density at radius 2 is 1.93 bits per heavy atom. The maximum Gasteiger partial charge on any atom is 0.269 e. The highest BCUT2D eigenvalue weighted by molar-refractivity contribution is 5.93. The van der Waals surface area contributed by atoms with Gasteiger partial charge in [0.2, 0.25) is 0 Å². The maximum absolute atomic E-state index is 12.6. The molecule has 2 aromatic heterocycles. The van der Waals surface area contributed by atoms with Crippen LogP contribution in [-0.4, -0.2) is 38.7 Å². The average molecular weight is 362 g/mol. The Labute approximate surface area is 158 Å². The van der Waals surface area contributed by atoms with Gasteiger partial charge < -0.3 is 10.2 Å². The summed E-state index contributed by atoms with van der Waals surface area (Å²) < 4.78 is 1.60. The molecule has 0 unspecified atom stereocenters. The Balaban J connectivity index is 1.44. The molecular weight excluding hydrogens is 340 g/mol. The first-order valence-corrected chi connectivity index (χ1v) is 9.15. The van der Waals surface area contributed by atoms with Crippen molar-refractivity contribution in [2.45, 2.75) is 19.4 Å². The first-order valence-electron chi connectivity index (χ1n) is 9.15. The summed E-state index contributed by atoms with van der Waals surface area (Å²) in [5.74, 6) is 1.35. The van der Waals surface area contributed by atoms with Crippen molar-refractivity contribution in [3.8, 4) is 11.3 Å². The fourth-order valence-electron chi connectivity index (χ4n) is 3.28.